The van der Waals surface area contributed by atoms with Gasteiger partial charge >= 0.3 is 5.97 Å². The van der Waals surface area contributed by atoms with Crippen LogP contribution in [0.3, 0.4) is 0 Å². The number of aliphatic hydroxyl groups is 1. The molecule has 2 rings (SSSR count). The van der Waals surface area contributed by atoms with Crippen molar-refractivity contribution in [3.63, 3.8) is 0 Å². The number of aliphatic hydroxyl groups excluding tert-OH is 1. The van der Waals surface area contributed by atoms with Crippen molar-refractivity contribution < 1.29 is 24.2 Å². The average molecular weight is 485 g/mol. The number of ether oxygens (including phenoxy) is 1. The van der Waals surface area contributed by atoms with Gasteiger partial charge in [0.2, 0.25) is 11.8 Å². The maximum Gasteiger partial charge on any atom is 0.309 e. The van der Waals surface area contributed by atoms with Crippen LogP contribution < -0.4 is 10.6 Å². The number of amides is 2. The summed E-state index contributed by atoms with van der Waals surface area (Å²) in [5, 5.41) is 15.5. The fourth-order valence-corrected chi connectivity index (χ4v) is 4.52. The molecule has 7 nitrogen and oxygen atoms in total. The van der Waals surface area contributed by atoms with Crippen molar-refractivity contribution in [2.75, 3.05) is 13.2 Å². The minimum absolute atomic E-state index is 0.00456. The molecule has 1 aliphatic rings. The van der Waals surface area contributed by atoms with E-state index in [1.54, 1.807) is 19.1 Å². The molecule has 1 aromatic rings. The van der Waals surface area contributed by atoms with E-state index in [0.29, 0.717) is 19.3 Å². The van der Waals surface area contributed by atoms with Crippen LogP contribution in [0.2, 0.25) is 0 Å². The van der Waals surface area contributed by atoms with Gasteiger partial charge in [0.1, 0.15) is 6.61 Å². The summed E-state index contributed by atoms with van der Waals surface area (Å²) in [5.41, 5.74) is 0.471. The highest BCUT2D eigenvalue weighted by Crippen LogP contribution is 2.29. The van der Waals surface area contributed by atoms with E-state index in [2.05, 4.69) is 23.8 Å². The van der Waals surface area contributed by atoms with Crippen LogP contribution in [0.1, 0.15) is 57.4 Å². The molecule has 0 spiro atoms. The fraction of sp³-hybridized carbons (Fsp3) is 0.536. The minimum atomic E-state index is -0.589. The third-order valence-electron chi connectivity index (χ3n) is 6.50. The van der Waals surface area contributed by atoms with Crippen LogP contribution in [0.4, 0.5) is 0 Å². The Hall–Kier alpha value is -2.93. The number of carbonyl (C=O) groups is 3. The Morgan fingerprint density at radius 3 is 2.31 bits per heavy atom. The number of rotatable bonds is 15. The van der Waals surface area contributed by atoms with Gasteiger partial charge in [-0.2, -0.15) is 0 Å². The van der Waals surface area contributed by atoms with Crippen LogP contribution in [0.25, 0.3) is 0 Å². The highest BCUT2D eigenvalue weighted by Gasteiger charge is 2.35. The molecule has 3 atom stereocenters. The molecule has 0 saturated heterocycles. The molecule has 1 aromatic carbocycles. The van der Waals surface area contributed by atoms with E-state index < -0.39 is 17.5 Å². The van der Waals surface area contributed by atoms with Gasteiger partial charge < -0.3 is 20.5 Å². The van der Waals surface area contributed by atoms with Gasteiger partial charge in [-0.05, 0) is 44.6 Å². The molecule has 1 aliphatic carbocycles. The SMILES string of the molecule is C=CC[C@@H](CC(=O)NC1(CO)CCCC1)C(=O)N[C@@H](C)COC(=O)[C@@H](CC=C)Cc1ccccc1. The van der Waals surface area contributed by atoms with Crippen molar-refractivity contribution in [3.8, 4) is 0 Å². The predicted molar refractivity (Wildman–Crippen MR) is 136 cm³/mol. The quantitative estimate of drug-likeness (QED) is 0.261. The summed E-state index contributed by atoms with van der Waals surface area (Å²) in [6.07, 6.45) is 8.14. The first-order valence-electron chi connectivity index (χ1n) is 12.5. The first-order chi connectivity index (χ1) is 16.8. The number of nitrogens with one attached hydrogen (secondary N) is 2. The van der Waals surface area contributed by atoms with Gasteiger partial charge in [0.25, 0.3) is 0 Å². The summed E-state index contributed by atoms with van der Waals surface area (Å²) < 4.78 is 5.50. The summed E-state index contributed by atoms with van der Waals surface area (Å²) in [5.74, 6) is -1.81. The Balaban J connectivity index is 1.85. The van der Waals surface area contributed by atoms with Crippen LogP contribution in [0, 0.1) is 11.8 Å². The van der Waals surface area contributed by atoms with Crippen LogP contribution in [0.15, 0.2) is 55.6 Å². The zero-order chi connectivity index (χ0) is 25.7. The van der Waals surface area contributed by atoms with E-state index in [0.717, 1.165) is 31.2 Å². The first kappa shape index (κ1) is 28.3. The van der Waals surface area contributed by atoms with E-state index in [9.17, 15) is 19.5 Å². The topological polar surface area (TPSA) is 105 Å². The third-order valence-corrected chi connectivity index (χ3v) is 6.50. The largest absolute Gasteiger partial charge is 0.463 e. The lowest BCUT2D eigenvalue weighted by Gasteiger charge is -2.29. The normalized spacial score (nSPS) is 17.0. The highest BCUT2D eigenvalue weighted by molar-refractivity contribution is 5.86. The zero-order valence-electron chi connectivity index (χ0n) is 20.8. The van der Waals surface area contributed by atoms with Crippen LogP contribution >= 0.6 is 0 Å². The van der Waals surface area contributed by atoms with Crippen LogP contribution in [0.5, 0.6) is 0 Å². The monoisotopic (exact) mass is 484 g/mol. The Morgan fingerprint density at radius 2 is 1.71 bits per heavy atom. The Labute approximate surface area is 209 Å². The number of carbonyl (C=O) groups excluding carboxylic acids is 3. The van der Waals surface area contributed by atoms with Crippen molar-refractivity contribution >= 4 is 17.8 Å². The van der Waals surface area contributed by atoms with Crippen molar-refractivity contribution in [2.45, 2.75) is 69.9 Å². The number of benzene rings is 1. The molecule has 0 bridgehead atoms. The van der Waals surface area contributed by atoms with Gasteiger partial charge in [-0.25, -0.2) is 0 Å². The van der Waals surface area contributed by atoms with Gasteiger partial charge in [0.15, 0.2) is 0 Å². The summed E-state index contributed by atoms with van der Waals surface area (Å²) in [6.45, 7) is 9.14. The summed E-state index contributed by atoms with van der Waals surface area (Å²) >= 11 is 0. The molecule has 0 aromatic heterocycles. The molecule has 1 saturated carbocycles. The molecule has 2 amide bonds. The first-order valence-corrected chi connectivity index (χ1v) is 12.5. The molecule has 35 heavy (non-hydrogen) atoms. The lowest BCUT2D eigenvalue weighted by molar-refractivity contribution is -0.149. The molecule has 0 heterocycles. The fourth-order valence-electron chi connectivity index (χ4n) is 4.52. The molecule has 0 aliphatic heterocycles. The van der Waals surface area contributed by atoms with E-state index in [1.165, 1.54) is 0 Å². The second-order valence-corrected chi connectivity index (χ2v) is 9.57. The Morgan fingerprint density at radius 1 is 1.09 bits per heavy atom. The third kappa shape index (κ3) is 9.32. The van der Waals surface area contributed by atoms with Crippen molar-refractivity contribution in [2.24, 2.45) is 11.8 Å². The molecular formula is C28H40N2O5. The molecule has 1 fully saturated rings. The predicted octanol–water partition coefficient (Wildman–Crippen LogP) is 3.47. The second kappa shape index (κ2) is 14.5. The number of esters is 1. The Bertz CT molecular complexity index is 848. The zero-order valence-corrected chi connectivity index (χ0v) is 20.8. The van der Waals surface area contributed by atoms with Crippen LogP contribution in [-0.2, 0) is 25.5 Å². The average Bonchev–Trinajstić information content (AvgIpc) is 3.31. The highest BCUT2D eigenvalue weighted by atomic mass is 16.5. The molecule has 0 radical (unpaired) electrons. The van der Waals surface area contributed by atoms with Gasteiger partial charge in [-0.3, -0.25) is 14.4 Å². The smallest absolute Gasteiger partial charge is 0.309 e. The maximum atomic E-state index is 12.8. The van der Waals surface area contributed by atoms with Gasteiger partial charge in [-0.15, -0.1) is 13.2 Å². The van der Waals surface area contributed by atoms with E-state index in [-0.39, 0.29) is 43.3 Å². The van der Waals surface area contributed by atoms with Crippen LogP contribution in [-0.4, -0.2) is 47.7 Å². The number of hydrogen-bond donors (Lipinski definition) is 3. The van der Waals surface area contributed by atoms with Gasteiger partial charge in [0.05, 0.1) is 30.0 Å². The van der Waals surface area contributed by atoms with Crippen molar-refractivity contribution in [1.82, 2.24) is 10.6 Å². The molecular weight excluding hydrogens is 444 g/mol. The van der Waals surface area contributed by atoms with E-state index >= 15 is 0 Å². The summed E-state index contributed by atoms with van der Waals surface area (Å²) in [4.78, 5) is 38.1. The summed E-state index contributed by atoms with van der Waals surface area (Å²) in [6, 6.07) is 9.31. The standard InChI is InChI=1S/C28H40N2O5/c1-4-11-23(18-25(32)30-28(20-31)15-9-10-16-28)26(33)29-21(3)19-35-27(34)24(12-5-2)17-22-13-7-6-8-14-22/h4-8,13-14,21,23-24,31H,1-2,9-12,15-20H2,3H3,(H,29,33)(H,30,32)/t21-,23-,24-/m0/s1. The number of allylic oxidation sites excluding steroid dienone is 2. The molecule has 192 valence electrons. The maximum absolute atomic E-state index is 12.8. The van der Waals surface area contributed by atoms with Crippen molar-refractivity contribution in [1.29, 1.82) is 0 Å². The molecule has 3 N–H and O–H groups in total. The van der Waals surface area contributed by atoms with Crippen molar-refractivity contribution in [3.05, 3.63) is 61.2 Å². The Kier molecular flexibility index (Phi) is 11.7. The molecule has 7 heteroatoms. The second-order valence-electron chi connectivity index (χ2n) is 9.57. The minimum Gasteiger partial charge on any atom is -0.463 e. The lowest BCUT2D eigenvalue weighted by Crippen LogP contribution is -2.50. The lowest BCUT2D eigenvalue weighted by atomic mass is 9.95. The van der Waals surface area contributed by atoms with E-state index in [1.807, 2.05) is 30.3 Å². The molecule has 0 unspecified atom stereocenters. The summed E-state index contributed by atoms with van der Waals surface area (Å²) in [7, 11) is 0. The number of hydrogen-bond acceptors (Lipinski definition) is 5. The van der Waals surface area contributed by atoms with Gasteiger partial charge in [-0.1, -0.05) is 55.3 Å². The van der Waals surface area contributed by atoms with E-state index in [4.69, 9.17) is 4.74 Å². The van der Waals surface area contributed by atoms with Gasteiger partial charge in [0, 0.05) is 6.42 Å².